The van der Waals surface area contributed by atoms with Gasteiger partial charge in [0.05, 0.1) is 19.3 Å². The average molecular weight is 419 g/mol. The van der Waals surface area contributed by atoms with Gasteiger partial charge in [-0.15, -0.1) is 0 Å². The molecule has 0 fully saturated rings. The van der Waals surface area contributed by atoms with Gasteiger partial charge in [-0.2, -0.15) is 8.78 Å². The maximum Gasteiger partial charge on any atom is 0.387 e. The van der Waals surface area contributed by atoms with Crippen molar-refractivity contribution >= 4 is 5.96 Å². The molecule has 0 aliphatic carbocycles. The molecule has 6 nitrogen and oxygen atoms in total. The first-order valence-corrected chi connectivity index (χ1v) is 10.0. The van der Waals surface area contributed by atoms with Crippen LogP contribution in [0.3, 0.4) is 0 Å². The second-order valence-corrected chi connectivity index (χ2v) is 6.94. The molecule has 1 heterocycles. The normalized spacial score (nSPS) is 17.1. The van der Waals surface area contributed by atoms with Crippen molar-refractivity contribution in [1.82, 2.24) is 10.6 Å². The van der Waals surface area contributed by atoms with E-state index in [0.717, 1.165) is 12.2 Å². The molecule has 2 atom stereocenters. The van der Waals surface area contributed by atoms with Gasteiger partial charge in [-0.25, -0.2) is 0 Å². The number of para-hydroxylation sites is 1. The molecule has 8 heteroatoms. The zero-order valence-corrected chi connectivity index (χ0v) is 16.9. The fourth-order valence-electron chi connectivity index (χ4n) is 3.34. The summed E-state index contributed by atoms with van der Waals surface area (Å²) in [6.07, 6.45) is 0.0591. The first-order valence-electron chi connectivity index (χ1n) is 10.0. The topological polar surface area (TPSA) is 75.1 Å². The molecule has 0 amide bonds. The van der Waals surface area contributed by atoms with Crippen molar-refractivity contribution in [3.8, 4) is 11.5 Å². The molecule has 2 aromatic carbocycles. The summed E-state index contributed by atoms with van der Waals surface area (Å²) < 4.78 is 34.5. The number of benzene rings is 2. The number of aliphatic hydroxyl groups excluding tert-OH is 1. The minimum absolute atomic E-state index is 0.0520. The number of rotatable bonds is 8. The van der Waals surface area contributed by atoms with Gasteiger partial charge in [0.1, 0.15) is 11.5 Å². The minimum Gasteiger partial charge on any atom is -0.493 e. The predicted octanol–water partition coefficient (Wildman–Crippen LogP) is 3.44. The van der Waals surface area contributed by atoms with Crippen LogP contribution in [0.15, 0.2) is 53.5 Å². The monoisotopic (exact) mass is 419 g/mol. The smallest absolute Gasteiger partial charge is 0.387 e. The van der Waals surface area contributed by atoms with E-state index in [1.54, 1.807) is 12.1 Å². The summed E-state index contributed by atoms with van der Waals surface area (Å²) in [5, 5.41) is 16.9. The number of hydrogen-bond acceptors (Lipinski definition) is 4. The van der Waals surface area contributed by atoms with Crippen molar-refractivity contribution in [2.24, 2.45) is 4.99 Å². The lowest BCUT2D eigenvalue weighted by atomic mass is 9.93. The highest BCUT2D eigenvalue weighted by Crippen LogP contribution is 2.32. The van der Waals surface area contributed by atoms with Gasteiger partial charge in [0, 0.05) is 19.0 Å². The highest BCUT2D eigenvalue weighted by atomic mass is 19.3. The third-order valence-electron chi connectivity index (χ3n) is 4.86. The van der Waals surface area contributed by atoms with Crippen LogP contribution in [0.5, 0.6) is 11.5 Å². The Labute approximate surface area is 174 Å². The van der Waals surface area contributed by atoms with E-state index in [1.807, 2.05) is 25.1 Å². The molecule has 0 spiro atoms. The van der Waals surface area contributed by atoms with E-state index in [4.69, 9.17) is 4.74 Å². The molecule has 0 saturated heterocycles. The molecular weight excluding hydrogens is 392 g/mol. The van der Waals surface area contributed by atoms with Crippen molar-refractivity contribution in [1.29, 1.82) is 0 Å². The predicted molar refractivity (Wildman–Crippen MR) is 111 cm³/mol. The molecule has 0 saturated carbocycles. The van der Waals surface area contributed by atoms with Gasteiger partial charge >= 0.3 is 6.61 Å². The third-order valence-corrected chi connectivity index (χ3v) is 4.86. The van der Waals surface area contributed by atoms with E-state index in [0.29, 0.717) is 37.1 Å². The minimum atomic E-state index is -2.87. The molecule has 1 aliphatic rings. The third kappa shape index (κ3) is 6.06. The number of nitrogens with one attached hydrogen (secondary N) is 2. The Morgan fingerprint density at radius 3 is 2.70 bits per heavy atom. The van der Waals surface area contributed by atoms with Crippen LogP contribution in [-0.2, 0) is 0 Å². The van der Waals surface area contributed by atoms with Crippen molar-refractivity contribution in [2.45, 2.75) is 32.0 Å². The SMILES string of the molecule is CCNC(=NCC(O)c1ccc(OC(F)F)cc1)NCC1CCOc2ccccc21. The van der Waals surface area contributed by atoms with Gasteiger partial charge in [0.15, 0.2) is 5.96 Å². The van der Waals surface area contributed by atoms with Crippen LogP contribution >= 0.6 is 0 Å². The summed E-state index contributed by atoms with van der Waals surface area (Å²) in [4.78, 5) is 4.46. The van der Waals surface area contributed by atoms with Crippen molar-refractivity contribution in [3.63, 3.8) is 0 Å². The first kappa shape index (κ1) is 21.8. The Balaban J connectivity index is 1.58. The van der Waals surface area contributed by atoms with Crippen molar-refractivity contribution < 1.29 is 23.4 Å². The number of halogens is 2. The fourth-order valence-corrected chi connectivity index (χ4v) is 3.34. The van der Waals surface area contributed by atoms with E-state index in [9.17, 15) is 13.9 Å². The molecule has 2 aromatic rings. The number of hydrogen-bond donors (Lipinski definition) is 3. The molecule has 162 valence electrons. The average Bonchev–Trinajstić information content (AvgIpc) is 2.75. The number of nitrogens with zero attached hydrogens (tertiary/aromatic N) is 1. The maximum absolute atomic E-state index is 12.2. The second kappa shape index (κ2) is 10.8. The van der Waals surface area contributed by atoms with E-state index in [2.05, 4.69) is 26.4 Å². The highest BCUT2D eigenvalue weighted by Gasteiger charge is 2.21. The lowest BCUT2D eigenvalue weighted by Gasteiger charge is -2.26. The number of aliphatic imine (C=N–C) groups is 1. The molecule has 0 aromatic heterocycles. The van der Waals surface area contributed by atoms with Crippen molar-refractivity contribution in [2.75, 3.05) is 26.2 Å². The Kier molecular flexibility index (Phi) is 7.84. The Hall–Kier alpha value is -2.87. The lowest BCUT2D eigenvalue weighted by Crippen LogP contribution is -2.40. The van der Waals surface area contributed by atoms with Crippen LogP contribution in [0, 0.1) is 0 Å². The summed E-state index contributed by atoms with van der Waals surface area (Å²) >= 11 is 0. The van der Waals surface area contributed by atoms with Gasteiger partial charge in [0.25, 0.3) is 0 Å². The highest BCUT2D eigenvalue weighted by molar-refractivity contribution is 5.79. The Morgan fingerprint density at radius 2 is 1.97 bits per heavy atom. The Bertz CT molecular complexity index is 831. The number of aliphatic hydroxyl groups is 1. The largest absolute Gasteiger partial charge is 0.493 e. The molecule has 0 radical (unpaired) electrons. The molecule has 2 unspecified atom stereocenters. The fraction of sp³-hybridized carbons (Fsp3) is 0.409. The summed E-state index contributed by atoms with van der Waals surface area (Å²) in [5.41, 5.74) is 1.76. The van der Waals surface area contributed by atoms with Crippen LogP contribution in [-0.4, -0.2) is 43.9 Å². The van der Waals surface area contributed by atoms with Crippen LogP contribution in [0.25, 0.3) is 0 Å². The van der Waals surface area contributed by atoms with Gasteiger partial charge < -0.3 is 25.2 Å². The molecule has 30 heavy (non-hydrogen) atoms. The quantitative estimate of drug-likeness (QED) is 0.452. The van der Waals surface area contributed by atoms with Gasteiger partial charge in [-0.3, -0.25) is 4.99 Å². The molecule has 3 N–H and O–H groups in total. The van der Waals surface area contributed by atoms with Gasteiger partial charge in [-0.05, 0) is 42.7 Å². The van der Waals surface area contributed by atoms with E-state index in [1.165, 1.54) is 17.7 Å². The van der Waals surface area contributed by atoms with Crippen LogP contribution in [0.1, 0.15) is 36.5 Å². The molecular formula is C22H27F2N3O3. The standard InChI is InChI=1S/C22H27F2N3O3/c1-2-25-22(26-13-16-11-12-29-20-6-4-3-5-18(16)20)27-14-19(28)15-7-9-17(10-8-15)30-21(23)24/h3-10,16,19,21,28H,2,11-14H2,1H3,(H2,25,26,27). The van der Waals surface area contributed by atoms with E-state index >= 15 is 0 Å². The van der Waals surface area contributed by atoms with Crippen molar-refractivity contribution in [3.05, 3.63) is 59.7 Å². The second-order valence-electron chi connectivity index (χ2n) is 6.94. The zero-order valence-electron chi connectivity index (χ0n) is 16.9. The lowest BCUT2D eigenvalue weighted by molar-refractivity contribution is -0.0498. The number of alkyl halides is 2. The number of guanidine groups is 1. The number of ether oxygens (including phenoxy) is 2. The summed E-state index contributed by atoms with van der Waals surface area (Å²) in [7, 11) is 0. The summed E-state index contributed by atoms with van der Waals surface area (Å²) in [6.45, 7) is 1.30. The van der Waals surface area contributed by atoms with Crippen LogP contribution in [0.2, 0.25) is 0 Å². The van der Waals surface area contributed by atoms with Crippen LogP contribution < -0.4 is 20.1 Å². The summed E-state index contributed by atoms with van der Waals surface area (Å²) in [5.74, 6) is 1.90. The number of fused-ring (bicyclic) bond motifs is 1. The van der Waals surface area contributed by atoms with Gasteiger partial charge in [-0.1, -0.05) is 30.3 Å². The Morgan fingerprint density at radius 1 is 1.20 bits per heavy atom. The molecule has 1 aliphatic heterocycles. The molecule has 3 rings (SSSR count). The van der Waals surface area contributed by atoms with E-state index < -0.39 is 12.7 Å². The molecule has 0 bridgehead atoms. The van der Waals surface area contributed by atoms with E-state index in [-0.39, 0.29) is 12.3 Å². The summed E-state index contributed by atoms with van der Waals surface area (Å²) in [6, 6.07) is 13.9. The zero-order chi connectivity index (χ0) is 21.3. The van der Waals surface area contributed by atoms with Crippen LogP contribution in [0.4, 0.5) is 8.78 Å². The maximum atomic E-state index is 12.2. The first-order chi connectivity index (χ1) is 14.6. The van der Waals surface area contributed by atoms with Gasteiger partial charge in [0.2, 0.25) is 0 Å².